The minimum Gasteiger partial charge on any atom is -0.481 e. The molecule has 0 aliphatic heterocycles. The highest BCUT2D eigenvalue weighted by atomic mass is 31.3. The standard InChI is InChI=1S/C5H13O12P3/c6-5(7)3-1-2-4-15-19(11,12)17-20(13,14)16-18(8,9)10/h1-4H2,(H,6,7)(H,11,12)(H,13,14)(H2,8,9,10). The van der Waals surface area contributed by atoms with Crippen LogP contribution >= 0.6 is 23.5 Å². The molecule has 2 atom stereocenters. The van der Waals surface area contributed by atoms with Crippen molar-refractivity contribution >= 4 is 29.4 Å². The van der Waals surface area contributed by atoms with E-state index in [4.69, 9.17) is 24.7 Å². The molecule has 0 aliphatic carbocycles. The maximum absolute atomic E-state index is 11.1. The van der Waals surface area contributed by atoms with Crippen LogP contribution in [0, 0.1) is 0 Å². The van der Waals surface area contributed by atoms with E-state index in [1.807, 2.05) is 0 Å². The van der Waals surface area contributed by atoms with Gasteiger partial charge in [-0.15, -0.1) is 0 Å². The molecular weight excluding hydrogens is 345 g/mol. The largest absolute Gasteiger partial charge is 0.490 e. The Labute approximate surface area is 112 Å². The third kappa shape index (κ3) is 11.7. The van der Waals surface area contributed by atoms with Gasteiger partial charge >= 0.3 is 29.4 Å². The van der Waals surface area contributed by atoms with Gasteiger partial charge in [0.25, 0.3) is 0 Å². The second-order valence-electron chi connectivity index (χ2n) is 3.28. The number of hydrogen-bond donors (Lipinski definition) is 5. The number of aliphatic carboxylic acids is 1. The van der Waals surface area contributed by atoms with Crippen molar-refractivity contribution in [2.24, 2.45) is 0 Å². The average molecular weight is 358 g/mol. The summed E-state index contributed by atoms with van der Waals surface area (Å²) in [6, 6.07) is 0. The van der Waals surface area contributed by atoms with Crippen molar-refractivity contribution in [1.82, 2.24) is 0 Å². The molecule has 0 aromatic carbocycles. The Kier molecular flexibility index (Phi) is 7.72. The maximum atomic E-state index is 11.1. The normalized spacial score (nSPS) is 18.2. The second kappa shape index (κ2) is 7.77. The average Bonchev–Trinajstić information content (AvgIpc) is 2.09. The smallest absolute Gasteiger partial charge is 0.481 e. The maximum Gasteiger partial charge on any atom is 0.490 e. The van der Waals surface area contributed by atoms with Gasteiger partial charge in [-0.05, 0) is 12.8 Å². The summed E-state index contributed by atoms with van der Waals surface area (Å²) in [6.07, 6.45) is -0.0554. The van der Waals surface area contributed by atoms with Crippen molar-refractivity contribution in [2.75, 3.05) is 6.61 Å². The molecule has 0 saturated heterocycles. The molecule has 2 unspecified atom stereocenters. The van der Waals surface area contributed by atoms with Crippen molar-refractivity contribution in [3.05, 3.63) is 0 Å². The topological polar surface area (TPSA) is 197 Å². The Bertz CT molecular complexity index is 466. The summed E-state index contributed by atoms with van der Waals surface area (Å²) >= 11 is 0. The lowest BCUT2D eigenvalue weighted by atomic mass is 10.2. The minimum absolute atomic E-state index is 0.0370. The number of carbonyl (C=O) groups is 1. The number of hydrogen-bond acceptors (Lipinski definition) is 7. The number of rotatable bonds is 10. The fraction of sp³-hybridized carbons (Fsp3) is 0.800. The molecule has 0 aromatic heterocycles. The van der Waals surface area contributed by atoms with Crippen molar-refractivity contribution in [3.8, 4) is 0 Å². The Morgan fingerprint density at radius 2 is 1.45 bits per heavy atom. The monoisotopic (exact) mass is 358 g/mol. The van der Waals surface area contributed by atoms with E-state index in [9.17, 15) is 18.5 Å². The predicted octanol–water partition coefficient (Wildman–Crippen LogP) is 0.585. The summed E-state index contributed by atoms with van der Waals surface area (Å²) in [4.78, 5) is 44.4. The lowest BCUT2D eigenvalue weighted by Crippen LogP contribution is -1.99. The van der Waals surface area contributed by atoms with Crippen LogP contribution in [0.5, 0.6) is 0 Å². The zero-order valence-corrected chi connectivity index (χ0v) is 12.4. The molecule has 0 aliphatic rings. The second-order valence-corrected chi connectivity index (χ2v) is 7.70. The minimum atomic E-state index is -5.50. The van der Waals surface area contributed by atoms with E-state index in [1.165, 1.54) is 0 Å². The molecule has 0 fully saturated rings. The number of phosphoric acid groups is 3. The molecule has 5 N–H and O–H groups in total. The highest BCUT2D eigenvalue weighted by Crippen LogP contribution is 2.66. The molecule has 0 radical (unpaired) electrons. The van der Waals surface area contributed by atoms with Crippen molar-refractivity contribution in [3.63, 3.8) is 0 Å². The number of carboxylic acids is 1. The lowest BCUT2D eigenvalue weighted by Gasteiger charge is -2.15. The predicted molar refractivity (Wildman–Crippen MR) is 61.3 cm³/mol. The van der Waals surface area contributed by atoms with E-state index in [-0.39, 0.29) is 19.3 Å². The van der Waals surface area contributed by atoms with E-state index in [0.29, 0.717) is 0 Å². The first kappa shape index (κ1) is 19.9. The molecule has 0 rings (SSSR count). The third-order valence-electron chi connectivity index (χ3n) is 1.46. The fourth-order valence-corrected chi connectivity index (χ4v) is 3.92. The summed E-state index contributed by atoms with van der Waals surface area (Å²) in [7, 11) is -16.0. The molecule has 20 heavy (non-hydrogen) atoms. The van der Waals surface area contributed by atoms with E-state index in [1.54, 1.807) is 0 Å². The summed E-state index contributed by atoms with van der Waals surface area (Å²) < 4.78 is 43.5. The molecule has 0 amide bonds. The summed E-state index contributed by atoms with van der Waals surface area (Å²) in [5.41, 5.74) is 0. The van der Waals surface area contributed by atoms with Gasteiger partial charge < -0.3 is 24.7 Å². The SMILES string of the molecule is O=C(O)CCCCOP(=O)(O)OP(=O)(O)OP(=O)(O)O. The van der Waals surface area contributed by atoms with Crippen LogP contribution in [0.15, 0.2) is 0 Å². The Morgan fingerprint density at radius 1 is 0.900 bits per heavy atom. The van der Waals surface area contributed by atoms with Crippen LogP contribution in [-0.2, 0) is 31.6 Å². The van der Waals surface area contributed by atoms with Crippen LogP contribution in [0.25, 0.3) is 0 Å². The Hall–Kier alpha value is -0.120. The van der Waals surface area contributed by atoms with Gasteiger partial charge in [0.1, 0.15) is 0 Å². The zero-order valence-electron chi connectivity index (χ0n) is 9.76. The Morgan fingerprint density at radius 3 is 1.90 bits per heavy atom. The number of carboxylic acid groups (broad SMARTS) is 1. The number of phosphoric ester groups is 1. The molecule has 0 saturated carbocycles. The van der Waals surface area contributed by atoms with Crippen LogP contribution in [0.1, 0.15) is 19.3 Å². The molecule has 0 bridgehead atoms. The molecule has 0 spiro atoms. The summed E-state index contributed by atoms with van der Waals surface area (Å²) in [5, 5.41) is 8.30. The van der Waals surface area contributed by atoms with Gasteiger partial charge in [-0.25, -0.2) is 13.7 Å². The van der Waals surface area contributed by atoms with E-state index >= 15 is 0 Å². The van der Waals surface area contributed by atoms with E-state index in [0.717, 1.165) is 0 Å². The van der Waals surface area contributed by atoms with Crippen LogP contribution in [0.2, 0.25) is 0 Å². The number of unbranched alkanes of at least 4 members (excludes halogenated alkanes) is 1. The zero-order chi connectivity index (χ0) is 16.0. The third-order valence-corrected chi connectivity index (χ3v) is 5.29. The first-order valence-corrected chi connectivity index (χ1v) is 9.35. The molecular formula is C5H13O12P3. The van der Waals surface area contributed by atoms with Crippen LogP contribution in [0.4, 0.5) is 0 Å². The van der Waals surface area contributed by atoms with Gasteiger partial charge in [0.2, 0.25) is 0 Å². The van der Waals surface area contributed by atoms with Gasteiger partial charge in [-0.1, -0.05) is 0 Å². The molecule has 15 heteroatoms. The van der Waals surface area contributed by atoms with Crippen LogP contribution in [0.3, 0.4) is 0 Å². The summed E-state index contributed by atoms with van der Waals surface area (Å²) in [6.45, 7) is -0.475. The van der Waals surface area contributed by atoms with Crippen LogP contribution in [-0.4, -0.2) is 37.3 Å². The van der Waals surface area contributed by atoms with Crippen molar-refractivity contribution < 1.29 is 56.3 Å². The van der Waals surface area contributed by atoms with Gasteiger partial charge in [0, 0.05) is 6.42 Å². The summed E-state index contributed by atoms with van der Waals surface area (Å²) in [5.74, 6) is -1.08. The fourth-order valence-electron chi connectivity index (χ4n) is 0.861. The Balaban J connectivity index is 4.24. The highest BCUT2D eigenvalue weighted by molar-refractivity contribution is 7.66. The quantitative estimate of drug-likeness (QED) is 0.269. The first-order valence-electron chi connectivity index (χ1n) is 4.83. The van der Waals surface area contributed by atoms with Gasteiger partial charge in [0.15, 0.2) is 0 Å². The lowest BCUT2D eigenvalue weighted by molar-refractivity contribution is -0.137. The van der Waals surface area contributed by atoms with E-state index < -0.39 is 36.0 Å². The molecule has 0 heterocycles. The van der Waals surface area contributed by atoms with Crippen molar-refractivity contribution in [2.45, 2.75) is 19.3 Å². The molecule has 0 aromatic rings. The molecule has 120 valence electrons. The van der Waals surface area contributed by atoms with E-state index in [2.05, 4.69) is 13.1 Å². The first-order chi connectivity index (χ1) is 8.83. The van der Waals surface area contributed by atoms with Gasteiger partial charge in [0.05, 0.1) is 6.61 Å². The van der Waals surface area contributed by atoms with Gasteiger partial charge in [-0.2, -0.15) is 8.62 Å². The van der Waals surface area contributed by atoms with Crippen molar-refractivity contribution in [1.29, 1.82) is 0 Å². The van der Waals surface area contributed by atoms with Crippen LogP contribution < -0.4 is 0 Å². The molecule has 12 nitrogen and oxygen atoms in total. The highest BCUT2D eigenvalue weighted by Gasteiger charge is 2.40. The van der Waals surface area contributed by atoms with Gasteiger partial charge in [-0.3, -0.25) is 9.32 Å².